The zero-order chi connectivity index (χ0) is 26.3. The molecule has 8 nitrogen and oxygen atoms in total. The van der Waals surface area contributed by atoms with Crippen LogP contribution in [0.3, 0.4) is 0 Å². The number of carbonyl (C=O) groups is 2. The Morgan fingerprint density at radius 2 is 1.91 bits per heavy atom. The van der Waals surface area contributed by atoms with Crippen LogP contribution in [0.25, 0.3) is 0 Å². The van der Waals surface area contributed by atoms with Crippen LogP contribution in [0.15, 0.2) is 42.2 Å². The number of aryl methyl sites for hydroxylation is 1. The quantitative estimate of drug-likeness (QED) is 0.209. The molecule has 1 aromatic heterocycles. The van der Waals surface area contributed by atoms with E-state index >= 15 is 0 Å². The number of ether oxygens (including phenoxy) is 1. The number of nitrogens with one attached hydrogen (secondary N) is 4. The third kappa shape index (κ3) is 8.76. The van der Waals surface area contributed by atoms with Crippen molar-refractivity contribution in [2.45, 2.75) is 33.0 Å². The van der Waals surface area contributed by atoms with Crippen LogP contribution in [0.4, 0.5) is 24.7 Å². The Morgan fingerprint density at radius 3 is 2.51 bits per heavy atom. The smallest absolute Gasteiger partial charge is 0.422 e. The van der Waals surface area contributed by atoms with Gasteiger partial charge in [-0.05, 0) is 50.6 Å². The van der Waals surface area contributed by atoms with E-state index in [4.69, 9.17) is 28.6 Å². The Balaban J connectivity index is 2.43. The lowest BCUT2D eigenvalue weighted by Gasteiger charge is -2.18. The Hall–Kier alpha value is -3.31. The molecule has 188 valence electrons. The summed E-state index contributed by atoms with van der Waals surface area (Å²) in [6, 6.07) is 5.67. The van der Waals surface area contributed by atoms with Crippen molar-refractivity contribution in [1.82, 2.24) is 10.3 Å². The van der Waals surface area contributed by atoms with Crippen LogP contribution >= 0.6 is 23.2 Å². The average molecular weight is 532 g/mol. The minimum atomic E-state index is -4.68. The number of anilines is 2. The minimum Gasteiger partial charge on any atom is -0.468 e. The molecular formula is C22H22Cl2F3N5O3. The molecule has 0 saturated carbocycles. The van der Waals surface area contributed by atoms with Crippen molar-refractivity contribution in [2.75, 3.05) is 17.2 Å². The first kappa shape index (κ1) is 27.9. The zero-order valence-corrected chi connectivity index (χ0v) is 20.3. The van der Waals surface area contributed by atoms with Crippen LogP contribution in [0.5, 0.6) is 0 Å². The number of benzene rings is 1. The summed E-state index contributed by atoms with van der Waals surface area (Å²) in [6.45, 7) is 3.38. The van der Waals surface area contributed by atoms with E-state index in [1.54, 1.807) is 20.8 Å². The number of aromatic nitrogens is 1. The molecule has 2 amide bonds. The number of alkyl halides is 3. The van der Waals surface area contributed by atoms with Crippen molar-refractivity contribution in [3.05, 3.63) is 63.4 Å². The van der Waals surface area contributed by atoms with E-state index in [2.05, 4.69) is 25.7 Å². The van der Waals surface area contributed by atoms with Crippen molar-refractivity contribution < 1.29 is 27.5 Å². The molecule has 0 radical (unpaired) electrons. The predicted molar refractivity (Wildman–Crippen MR) is 128 cm³/mol. The number of amides is 2. The van der Waals surface area contributed by atoms with Crippen molar-refractivity contribution >= 4 is 52.4 Å². The molecule has 0 aliphatic rings. The van der Waals surface area contributed by atoms with E-state index in [1.807, 2.05) is 0 Å². The Bertz CT molecular complexity index is 1150. The molecular weight excluding hydrogens is 510 g/mol. The number of hydrogen-bond acceptors (Lipinski definition) is 6. The number of pyridine rings is 1. The molecule has 0 bridgehead atoms. The molecule has 13 heteroatoms. The van der Waals surface area contributed by atoms with Gasteiger partial charge in [0.05, 0.1) is 16.3 Å². The molecule has 0 fully saturated rings. The normalized spacial score (nSPS) is 11.7. The van der Waals surface area contributed by atoms with Crippen molar-refractivity contribution in [3.8, 4) is 0 Å². The van der Waals surface area contributed by atoms with Crippen LogP contribution in [0.1, 0.15) is 29.8 Å². The Morgan fingerprint density at radius 1 is 1.23 bits per heavy atom. The summed E-state index contributed by atoms with van der Waals surface area (Å²) >= 11 is 12.2. The summed E-state index contributed by atoms with van der Waals surface area (Å²) < 4.78 is 41.8. The molecule has 0 aliphatic carbocycles. The van der Waals surface area contributed by atoms with Gasteiger partial charge in [0.15, 0.2) is 6.61 Å². The van der Waals surface area contributed by atoms with Gasteiger partial charge in [-0.1, -0.05) is 23.2 Å². The lowest BCUT2D eigenvalue weighted by molar-refractivity contribution is -0.156. The third-order valence-electron chi connectivity index (χ3n) is 4.13. The first-order valence-corrected chi connectivity index (χ1v) is 10.8. The van der Waals surface area contributed by atoms with E-state index in [9.17, 15) is 22.8 Å². The third-order valence-corrected chi connectivity index (χ3v) is 4.65. The fourth-order valence-electron chi connectivity index (χ4n) is 2.70. The molecule has 1 heterocycles. The lowest BCUT2D eigenvalue weighted by atomic mass is 10.1. The fourth-order valence-corrected chi connectivity index (χ4v) is 3.15. The second-order valence-corrected chi connectivity index (χ2v) is 8.36. The van der Waals surface area contributed by atoms with E-state index in [-0.39, 0.29) is 33.2 Å². The molecule has 1 aromatic carbocycles. The topological polar surface area (TPSA) is 116 Å². The first-order valence-electron chi connectivity index (χ1n) is 10.1. The summed E-state index contributed by atoms with van der Waals surface area (Å²) in [6.07, 6.45) is -2.57. The lowest BCUT2D eigenvalue weighted by Crippen LogP contribution is -2.31. The molecule has 35 heavy (non-hydrogen) atoms. The maximum absolute atomic E-state index is 13.1. The van der Waals surface area contributed by atoms with Crippen LogP contribution in [-0.4, -0.2) is 41.5 Å². The van der Waals surface area contributed by atoms with Crippen molar-refractivity contribution in [3.63, 3.8) is 0 Å². The van der Waals surface area contributed by atoms with Gasteiger partial charge in [0, 0.05) is 23.3 Å². The fraction of sp³-hybridized carbons (Fsp3) is 0.273. The van der Waals surface area contributed by atoms with Gasteiger partial charge in [0.25, 0.3) is 11.8 Å². The van der Waals surface area contributed by atoms with Crippen molar-refractivity contribution in [2.24, 2.45) is 0 Å². The predicted octanol–water partition coefficient (Wildman–Crippen LogP) is 5.33. The average Bonchev–Trinajstić information content (AvgIpc) is 2.73. The van der Waals surface area contributed by atoms with Gasteiger partial charge >= 0.3 is 6.18 Å². The first-order chi connectivity index (χ1) is 16.3. The minimum absolute atomic E-state index is 0.00444. The standard InChI is InChI=1S/C22H22Cl2F3N5O3/c1-11(2)30-20(33)14-8-13(23)7-12(3)18(14)32-21(34)16(9-17(28)35-10-22(25,26)27)31-19-15(24)5-4-6-29-19/h4-9,11,28H,10H2,1-3H3,(H,29,31)(H,30,33)(H,32,34)/b16-9-,28-17?. The second kappa shape index (κ2) is 11.9. The van der Waals surface area contributed by atoms with E-state index < -0.39 is 36.2 Å². The van der Waals surface area contributed by atoms with Gasteiger partial charge in [0.2, 0.25) is 5.90 Å². The monoisotopic (exact) mass is 531 g/mol. The van der Waals surface area contributed by atoms with Crippen molar-refractivity contribution in [1.29, 1.82) is 5.41 Å². The molecule has 0 spiro atoms. The second-order valence-electron chi connectivity index (χ2n) is 7.51. The summed E-state index contributed by atoms with van der Waals surface area (Å²) in [7, 11) is 0. The number of carbonyl (C=O) groups excluding carboxylic acids is 2. The molecule has 2 aromatic rings. The highest BCUT2D eigenvalue weighted by molar-refractivity contribution is 6.33. The van der Waals surface area contributed by atoms with E-state index in [0.29, 0.717) is 5.56 Å². The highest BCUT2D eigenvalue weighted by Crippen LogP contribution is 2.27. The van der Waals surface area contributed by atoms with Crippen LogP contribution < -0.4 is 16.0 Å². The number of nitrogens with zero attached hydrogens (tertiary/aromatic N) is 1. The summed E-state index contributed by atoms with van der Waals surface area (Å²) in [4.78, 5) is 29.8. The Labute approximate surface area is 209 Å². The molecule has 0 unspecified atom stereocenters. The van der Waals surface area contributed by atoms with Crippen LogP contribution in [0, 0.1) is 12.3 Å². The van der Waals surface area contributed by atoms with Crippen LogP contribution in [-0.2, 0) is 9.53 Å². The summed E-state index contributed by atoms with van der Waals surface area (Å²) in [5.74, 6) is -2.35. The molecule has 0 atom stereocenters. The molecule has 4 N–H and O–H groups in total. The largest absolute Gasteiger partial charge is 0.468 e. The highest BCUT2D eigenvalue weighted by Gasteiger charge is 2.29. The van der Waals surface area contributed by atoms with E-state index in [1.165, 1.54) is 30.5 Å². The zero-order valence-electron chi connectivity index (χ0n) is 18.8. The SMILES string of the molecule is Cc1cc(Cl)cc(C(=O)NC(C)C)c1NC(=O)/C(=C/C(=N)OCC(F)(F)F)Nc1ncccc1Cl. The van der Waals surface area contributed by atoms with Gasteiger partial charge < -0.3 is 20.7 Å². The number of rotatable bonds is 8. The molecule has 0 aliphatic heterocycles. The Kier molecular flexibility index (Phi) is 9.49. The molecule has 2 rings (SSSR count). The van der Waals surface area contributed by atoms with E-state index in [0.717, 1.165) is 6.08 Å². The van der Waals surface area contributed by atoms with Gasteiger partial charge in [-0.2, -0.15) is 13.2 Å². The summed E-state index contributed by atoms with van der Waals surface area (Å²) in [5, 5.41) is 15.9. The van der Waals surface area contributed by atoms with Crippen LogP contribution in [0.2, 0.25) is 10.0 Å². The maximum atomic E-state index is 13.1. The summed E-state index contributed by atoms with van der Waals surface area (Å²) in [5.41, 5.74) is 0.205. The highest BCUT2D eigenvalue weighted by atomic mass is 35.5. The number of halogens is 5. The van der Waals surface area contributed by atoms with Gasteiger partial charge in [0.1, 0.15) is 11.5 Å². The molecule has 0 saturated heterocycles. The number of hydrogen-bond donors (Lipinski definition) is 4. The van der Waals surface area contributed by atoms with Gasteiger partial charge in [-0.3, -0.25) is 15.0 Å². The van der Waals surface area contributed by atoms with Gasteiger partial charge in [-0.25, -0.2) is 4.98 Å². The van der Waals surface area contributed by atoms with Gasteiger partial charge in [-0.15, -0.1) is 0 Å². The maximum Gasteiger partial charge on any atom is 0.422 e.